The highest BCUT2D eigenvalue weighted by atomic mass is 16.5. The van der Waals surface area contributed by atoms with Crippen LogP contribution in [-0.2, 0) is 0 Å². The van der Waals surface area contributed by atoms with Crippen molar-refractivity contribution in [3.63, 3.8) is 0 Å². The molecule has 1 fully saturated rings. The maximum Gasteiger partial charge on any atom is 0.160 e. The molecule has 1 saturated heterocycles. The molecular weight excluding hydrogens is 442 g/mol. The van der Waals surface area contributed by atoms with Crippen molar-refractivity contribution in [2.75, 3.05) is 47.1 Å². The maximum absolute atomic E-state index is 10.3. The second kappa shape index (κ2) is 10.5. The Bertz CT molecular complexity index is 1140. The Balaban J connectivity index is 1.43. The van der Waals surface area contributed by atoms with E-state index in [2.05, 4.69) is 23.1 Å². The van der Waals surface area contributed by atoms with E-state index in [1.54, 1.807) is 20.3 Å². The average molecular weight is 476 g/mol. The second-order valence-electron chi connectivity index (χ2n) is 9.20. The molecule has 0 radical (unpaired) electrons. The molecule has 3 aromatic rings. The molecule has 184 valence electrons. The number of benzene rings is 3. The predicted octanol–water partition coefficient (Wildman–Crippen LogP) is 5.19. The Labute approximate surface area is 207 Å². The average Bonchev–Trinajstić information content (AvgIpc) is 3.41. The number of ether oxygens (including phenoxy) is 4. The number of hydrogen-bond donors (Lipinski definition) is 1. The fraction of sp³-hybridized carbons (Fsp3) is 0.379. The predicted molar refractivity (Wildman–Crippen MR) is 135 cm³/mol. The number of phenolic OH excluding ortho intramolecular Hbond substituents is 1. The Hall–Kier alpha value is -3.38. The monoisotopic (exact) mass is 475 g/mol. The van der Waals surface area contributed by atoms with E-state index in [-0.39, 0.29) is 17.6 Å². The lowest BCUT2D eigenvalue weighted by Gasteiger charge is -2.35. The number of nitrogens with zero attached hydrogens (tertiary/aromatic N) is 1. The third-order valence-electron chi connectivity index (χ3n) is 7.10. The molecule has 2 heterocycles. The highest BCUT2D eigenvalue weighted by Crippen LogP contribution is 2.48. The van der Waals surface area contributed by atoms with Crippen molar-refractivity contribution in [3.05, 3.63) is 77.4 Å². The van der Waals surface area contributed by atoms with Crippen molar-refractivity contribution in [2.24, 2.45) is 0 Å². The molecule has 3 aromatic carbocycles. The fourth-order valence-electron chi connectivity index (χ4n) is 5.26. The van der Waals surface area contributed by atoms with Gasteiger partial charge in [-0.15, -0.1) is 0 Å². The van der Waals surface area contributed by atoms with Gasteiger partial charge in [0.15, 0.2) is 11.5 Å². The van der Waals surface area contributed by atoms with E-state index in [1.165, 1.54) is 25.9 Å². The standard InChI is InChI=1S/C29H33NO5/c1-32-27-11-7-21(17-28(27)33-2)25-19-35-26-12-8-22(31)18-24(26)29(25)20-5-9-23(10-6-20)34-16-15-30-13-3-4-14-30/h5-12,17-18,25,29,31H,3-4,13-16,19H2,1-2H3/t25-,29+/m1/s1. The Morgan fingerprint density at radius 3 is 2.37 bits per heavy atom. The lowest BCUT2D eigenvalue weighted by Crippen LogP contribution is -2.25. The molecule has 0 saturated carbocycles. The summed E-state index contributed by atoms with van der Waals surface area (Å²) in [5.74, 6) is 3.32. The number of rotatable bonds is 8. The first-order valence-corrected chi connectivity index (χ1v) is 12.3. The van der Waals surface area contributed by atoms with Crippen LogP contribution < -0.4 is 18.9 Å². The Morgan fingerprint density at radius 2 is 1.63 bits per heavy atom. The summed E-state index contributed by atoms with van der Waals surface area (Å²) in [7, 11) is 3.28. The van der Waals surface area contributed by atoms with Gasteiger partial charge in [0.25, 0.3) is 0 Å². The van der Waals surface area contributed by atoms with Gasteiger partial charge in [0, 0.05) is 23.9 Å². The summed E-state index contributed by atoms with van der Waals surface area (Å²) < 4.78 is 23.2. The molecule has 5 rings (SSSR count). The molecule has 0 amide bonds. The third kappa shape index (κ3) is 5.03. The molecule has 6 heteroatoms. The molecule has 0 unspecified atom stereocenters. The van der Waals surface area contributed by atoms with Gasteiger partial charge in [0.05, 0.1) is 20.8 Å². The number of methoxy groups -OCH3 is 2. The topological polar surface area (TPSA) is 60.4 Å². The van der Waals surface area contributed by atoms with Gasteiger partial charge in [-0.1, -0.05) is 18.2 Å². The molecule has 0 spiro atoms. The highest BCUT2D eigenvalue weighted by molar-refractivity contribution is 5.52. The van der Waals surface area contributed by atoms with E-state index in [4.69, 9.17) is 18.9 Å². The molecule has 6 nitrogen and oxygen atoms in total. The summed E-state index contributed by atoms with van der Waals surface area (Å²) in [6.07, 6.45) is 2.58. The number of fused-ring (bicyclic) bond motifs is 1. The minimum Gasteiger partial charge on any atom is -0.508 e. The molecule has 2 aliphatic heterocycles. The minimum absolute atomic E-state index is 0.00241. The molecule has 0 bridgehead atoms. The normalized spacial score (nSPS) is 19.6. The number of hydrogen-bond acceptors (Lipinski definition) is 6. The summed E-state index contributed by atoms with van der Waals surface area (Å²) in [4.78, 5) is 2.45. The van der Waals surface area contributed by atoms with Crippen LogP contribution in [0.4, 0.5) is 0 Å². The smallest absolute Gasteiger partial charge is 0.160 e. The Morgan fingerprint density at radius 1 is 0.886 bits per heavy atom. The first-order chi connectivity index (χ1) is 17.2. The van der Waals surface area contributed by atoms with Gasteiger partial charge >= 0.3 is 0 Å². The maximum atomic E-state index is 10.3. The van der Waals surface area contributed by atoms with Gasteiger partial charge in [-0.3, -0.25) is 4.90 Å². The van der Waals surface area contributed by atoms with E-state index < -0.39 is 0 Å². The number of phenols is 1. The molecule has 2 aliphatic rings. The van der Waals surface area contributed by atoms with Gasteiger partial charge < -0.3 is 24.1 Å². The van der Waals surface area contributed by atoms with Crippen LogP contribution in [0, 0.1) is 0 Å². The van der Waals surface area contributed by atoms with Gasteiger partial charge in [0.1, 0.15) is 23.9 Å². The summed E-state index contributed by atoms with van der Waals surface area (Å²) in [6.45, 7) is 4.54. The molecule has 35 heavy (non-hydrogen) atoms. The minimum atomic E-state index is 0.00241. The molecule has 0 aromatic heterocycles. The van der Waals surface area contributed by atoms with Crippen LogP contribution in [0.2, 0.25) is 0 Å². The van der Waals surface area contributed by atoms with Crippen LogP contribution in [0.1, 0.15) is 41.4 Å². The van der Waals surface area contributed by atoms with E-state index in [9.17, 15) is 5.11 Å². The van der Waals surface area contributed by atoms with Crippen molar-refractivity contribution in [1.29, 1.82) is 0 Å². The van der Waals surface area contributed by atoms with E-state index in [1.807, 2.05) is 36.4 Å². The van der Waals surface area contributed by atoms with Crippen molar-refractivity contribution < 1.29 is 24.1 Å². The van der Waals surface area contributed by atoms with Crippen LogP contribution in [0.15, 0.2) is 60.7 Å². The highest BCUT2D eigenvalue weighted by Gasteiger charge is 2.34. The molecule has 2 atom stereocenters. The van der Waals surface area contributed by atoms with Gasteiger partial charge in [-0.25, -0.2) is 0 Å². The van der Waals surface area contributed by atoms with Gasteiger partial charge in [-0.2, -0.15) is 0 Å². The van der Waals surface area contributed by atoms with E-state index >= 15 is 0 Å². The zero-order valence-electron chi connectivity index (χ0n) is 20.4. The quantitative estimate of drug-likeness (QED) is 0.484. The fourth-order valence-corrected chi connectivity index (χ4v) is 5.26. The largest absolute Gasteiger partial charge is 0.508 e. The lowest BCUT2D eigenvalue weighted by atomic mass is 9.75. The van der Waals surface area contributed by atoms with Crippen molar-refractivity contribution >= 4 is 0 Å². The molecule has 1 N–H and O–H groups in total. The van der Waals surface area contributed by atoms with Crippen molar-refractivity contribution in [1.82, 2.24) is 4.90 Å². The third-order valence-corrected chi connectivity index (χ3v) is 7.10. The summed E-state index contributed by atoms with van der Waals surface area (Å²) >= 11 is 0. The first kappa shape index (κ1) is 23.4. The zero-order valence-corrected chi connectivity index (χ0v) is 20.4. The summed E-state index contributed by atoms with van der Waals surface area (Å²) in [5.41, 5.74) is 3.21. The van der Waals surface area contributed by atoms with E-state index in [0.717, 1.165) is 34.7 Å². The molecule has 0 aliphatic carbocycles. The Kier molecular flexibility index (Phi) is 7.00. The van der Waals surface area contributed by atoms with Crippen LogP contribution in [-0.4, -0.2) is 57.1 Å². The number of likely N-dealkylation sites (tertiary alicyclic amines) is 1. The lowest BCUT2D eigenvalue weighted by molar-refractivity contribution is 0.237. The van der Waals surface area contributed by atoms with Crippen LogP contribution in [0.25, 0.3) is 0 Å². The second-order valence-corrected chi connectivity index (χ2v) is 9.20. The van der Waals surface area contributed by atoms with Gasteiger partial charge in [-0.05, 0) is 79.5 Å². The first-order valence-electron chi connectivity index (χ1n) is 12.3. The molecular formula is C29H33NO5. The van der Waals surface area contributed by atoms with Crippen molar-refractivity contribution in [3.8, 4) is 28.7 Å². The van der Waals surface area contributed by atoms with Crippen LogP contribution in [0.3, 0.4) is 0 Å². The summed E-state index contributed by atoms with van der Waals surface area (Å²) in [6, 6.07) is 19.7. The zero-order chi connectivity index (χ0) is 24.2. The van der Waals surface area contributed by atoms with Crippen LogP contribution >= 0.6 is 0 Å². The summed E-state index contributed by atoms with van der Waals surface area (Å²) in [5, 5.41) is 10.3. The van der Waals surface area contributed by atoms with E-state index in [0.29, 0.717) is 24.7 Å². The van der Waals surface area contributed by atoms with Crippen LogP contribution in [0.5, 0.6) is 28.7 Å². The number of aromatic hydroxyl groups is 1. The van der Waals surface area contributed by atoms with Gasteiger partial charge in [0.2, 0.25) is 0 Å². The van der Waals surface area contributed by atoms with Crippen molar-refractivity contribution in [2.45, 2.75) is 24.7 Å². The SMILES string of the molecule is COc1ccc([C@H]2COc3ccc(O)cc3[C@@H]2c2ccc(OCCN3CCCC3)cc2)cc1OC.